The number of aromatic amines is 2. The van der Waals surface area contributed by atoms with E-state index in [1.807, 2.05) is 44.2 Å². The number of nitrogens with one attached hydrogen (secondary N) is 2. The lowest BCUT2D eigenvalue weighted by atomic mass is 9.97. The van der Waals surface area contributed by atoms with E-state index in [0.29, 0.717) is 36.5 Å². The van der Waals surface area contributed by atoms with Gasteiger partial charge in [-0.2, -0.15) is 0 Å². The van der Waals surface area contributed by atoms with E-state index in [9.17, 15) is 14.4 Å². The van der Waals surface area contributed by atoms with Crippen LogP contribution in [0, 0.1) is 27.7 Å². The van der Waals surface area contributed by atoms with Gasteiger partial charge in [0.05, 0.1) is 42.5 Å². The van der Waals surface area contributed by atoms with Gasteiger partial charge in [-0.3, -0.25) is 9.59 Å². The van der Waals surface area contributed by atoms with E-state index >= 15 is 0 Å². The molecule has 0 radical (unpaired) electrons. The molecule has 0 saturated heterocycles. The van der Waals surface area contributed by atoms with Gasteiger partial charge in [-0.05, 0) is 159 Å². The molecule has 0 unspecified atom stereocenters. The van der Waals surface area contributed by atoms with Crippen molar-refractivity contribution in [3.05, 3.63) is 128 Å². The van der Waals surface area contributed by atoms with Gasteiger partial charge in [-0.15, -0.1) is 0 Å². The second kappa shape index (κ2) is 17.9. The highest BCUT2D eigenvalue weighted by Gasteiger charge is 2.23. The minimum atomic E-state index is -0.395. The van der Waals surface area contributed by atoms with Crippen LogP contribution in [0.2, 0.25) is 0 Å². The van der Waals surface area contributed by atoms with Crippen molar-refractivity contribution in [2.24, 2.45) is 0 Å². The van der Waals surface area contributed by atoms with E-state index < -0.39 is 5.63 Å². The quantitative estimate of drug-likeness (QED) is 0.0689. The maximum atomic E-state index is 12.4. The van der Waals surface area contributed by atoms with Crippen LogP contribution in [0.1, 0.15) is 90.6 Å². The van der Waals surface area contributed by atoms with E-state index in [0.717, 1.165) is 111 Å². The van der Waals surface area contributed by atoms with Gasteiger partial charge < -0.3 is 33.3 Å². The summed E-state index contributed by atoms with van der Waals surface area (Å²) in [6.45, 7) is 15.0. The third-order valence-corrected chi connectivity index (χ3v) is 12.6. The number of aryl methyl sites for hydroxylation is 5. The van der Waals surface area contributed by atoms with Crippen molar-refractivity contribution >= 4 is 67.3 Å². The second-order valence-electron chi connectivity index (χ2n) is 16.4. The Bertz CT molecular complexity index is 3160. The van der Waals surface area contributed by atoms with Gasteiger partial charge in [0.25, 0.3) is 0 Å². The van der Waals surface area contributed by atoms with E-state index in [1.165, 1.54) is 20.3 Å². The first-order chi connectivity index (χ1) is 30.7. The molecule has 0 aliphatic carbocycles. The minimum absolute atomic E-state index is 0.207. The highest BCUT2D eigenvalue weighted by Crippen LogP contribution is 2.41. The molecule has 8 rings (SSSR count). The van der Waals surface area contributed by atoms with Crippen LogP contribution in [0.25, 0.3) is 66.5 Å². The van der Waals surface area contributed by atoms with Crippen LogP contribution in [0.15, 0.2) is 75.9 Å². The number of nitrogens with zero attached hydrogens (tertiary/aromatic N) is 2. The lowest BCUT2D eigenvalue weighted by molar-refractivity contribution is -0.141. The van der Waals surface area contributed by atoms with E-state index in [2.05, 4.69) is 68.9 Å². The molecule has 2 aromatic carbocycles. The number of methoxy groups -OCH3 is 2. The van der Waals surface area contributed by atoms with E-state index in [4.69, 9.17) is 33.3 Å². The lowest BCUT2D eigenvalue weighted by Crippen LogP contribution is -2.09. The van der Waals surface area contributed by atoms with Crippen molar-refractivity contribution < 1.29 is 33.0 Å². The van der Waals surface area contributed by atoms with Crippen LogP contribution < -0.4 is 15.1 Å². The smallest absolute Gasteiger partial charge is 0.336 e. The summed E-state index contributed by atoms with van der Waals surface area (Å²) in [6, 6.07) is 21.1. The van der Waals surface area contributed by atoms with Crippen LogP contribution in [0.5, 0.6) is 11.5 Å². The first-order valence-electron chi connectivity index (χ1n) is 21.4. The number of carbonyl (C=O) groups is 2. The number of rotatable bonds is 12. The topological polar surface area (TPSA) is 159 Å². The van der Waals surface area contributed by atoms with Crippen molar-refractivity contribution in [1.82, 2.24) is 19.9 Å². The lowest BCUT2D eigenvalue weighted by Gasteiger charge is -2.11. The largest absolute Gasteiger partial charge is 0.490 e. The summed E-state index contributed by atoms with van der Waals surface area (Å²) >= 11 is 0. The summed E-state index contributed by atoms with van der Waals surface area (Å²) in [5, 5.41) is 0.862. The summed E-state index contributed by atoms with van der Waals surface area (Å²) in [5.74, 6) is 0.681. The zero-order valence-electron chi connectivity index (χ0n) is 37.8. The minimum Gasteiger partial charge on any atom is -0.490 e. The van der Waals surface area contributed by atoms with Crippen molar-refractivity contribution in [2.75, 3.05) is 27.4 Å². The molecular formula is C52H52N4O8. The number of hydrogen-bond acceptors (Lipinski definition) is 10. The number of allylic oxidation sites excluding steroid dienone is 4. The second-order valence-corrected chi connectivity index (χ2v) is 16.4. The number of ether oxygens (including phenoxy) is 4. The Morgan fingerprint density at radius 2 is 1.25 bits per heavy atom. The van der Waals surface area contributed by atoms with Gasteiger partial charge >= 0.3 is 17.6 Å². The number of H-pyrrole nitrogens is 2. The number of aromatic nitrogens is 4. The third-order valence-electron chi connectivity index (χ3n) is 12.6. The number of fused-ring (bicyclic) bond motifs is 9. The molecule has 2 N–H and O–H groups in total. The van der Waals surface area contributed by atoms with Crippen LogP contribution in [0.3, 0.4) is 0 Å². The number of carbonyl (C=O) groups excluding carboxylic acids is 2. The maximum absolute atomic E-state index is 12.4. The summed E-state index contributed by atoms with van der Waals surface area (Å²) < 4.78 is 27.5. The Morgan fingerprint density at radius 3 is 1.95 bits per heavy atom. The maximum Gasteiger partial charge on any atom is 0.336 e. The summed E-state index contributed by atoms with van der Waals surface area (Å²) in [4.78, 5) is 54.7. The highest BCUT2D eigenvalue weighted by molar-refractivity contribution is 6.01. The summed E-state index contributed by atoms with van der Waals surface area (Å²) in [5.41, 5.74) is 17.8. The standard InChI is InChI=1S/C52H52N4O8/c1-27-22-49(59)64-46-23-36(14-15-37(27)46)63-21-20-62-35-12-10-34(11-13-35)50-51-30(4)28(2)40(55-51)24-42-32(6)38(16-18-47(57)60-8)44(53-42)26-45-39(17-19-48(58)61-9)33(7)43(54-45)25-41-29(3)31(5)52(50)56-41/h10-15,22-26,53,56H,16-21H2,1-9H3. The van der Waals surface area contributed by atoms with E-state index in [-0.39, 0.29) is 31.4 Å². The fourth-order valence-electron chi connectivity index (χ4n) is 8.52. The first kappa shape index (κ1) is 43.4. The molecule has 0 fully saturated rings. The van der Waals surface area contributed by atoms with Crippen molar-refractivity contribution in [2.45, 2.75) is 74.1 Å². The fraction of sp³-hybridized carbons (Fsp3) is 0.288. The summed E-state index contributed by atoms with van der Waals surface area (Å²) in [7, 11) is 2.80. The molecule has 12 nitrogen and oxygen atoms in total. The van der Waals surface area contributed by atoms with Crippen LogP contribution >= 0.6 is 0 Å². The van der Waals surface area contributed by atoms with Gasteiger partial charge in [0.2, 0.25) is 0 Å². The monoisotopic (exact) mass is 860 g/mol. The molecule has 0 amide bonds. The Labute approximate surface area is 371 Å². The molecule has 64 heavy (non-hydrogen) atoms. The normalized spacial score (nSPS) is 12.6. The molecule has 0 saturated carbocycles. The van der Waals surface area contributed by atoms with Crippen molar-refractivity contribution in [3.63, 3.8) is 0 Å². The van der Waals surface area contributed by atoms with Crippen molar-refractivity contribution in [3.8, 4) is 22.6 Å². The zero-order valence-corrected chi connectivity index (χ0v) is 37.8. The molecule has 6 aromatic rings. The Balaban J connectivity index is 1.23. The first-order valence-corrected chi connectivity index (χ1v) is 21.4. The Morgan fingerprint density at radius 1 is 0.625 bits per heavy atom. The average molecular weight is 861 g/mol. The van der Waals surface area contributed by atoms with Crippen LogP contribution in [-0.2, 0) is 25.5 Å². The number of esters is 2. The van der Waals surface area contributed by atoms with Crippen LogP contribution in [-0.4, -0.2) is 59.3 Å². The van der Waals surface area contributed by atoms with E-state index in [1.54, 1.807) is 6.07 Å². The molecular weight excluding hydrogens is 809 g/mol. The van der Waals surface area contributed by atoms with Gasteiger partial charge in [0, 0.05) is 52.5 Å². The van der Waals surface area contributed by atoms with Gasteiger partial charge in [0.1, 0.15) is 30.3 Å². The van der Waals surface area contributed by atoms with Gasteiger partial charge in [-0.1, -0.05) is 12.1 Å². The Hall–Kier alpha value is -7.21. The third kappa shape index (κ3) is 8.47. The molecule has 8 bridgehead atoms. The average Bonchev–Trinajstić information content (AvgIpc) is 3.93. The molecule has 328 valence electrons. The van der Waals surface area contributed by atoms with Crippen molar-refractivity contribution in [1.29, 1.82) is 0 Å². The Kier molecular flexibility index (Phi) is 12.1. The van der Waals surface area contributed by atoms with Crippen LogP contribution in [0.4, 0.5) is 0 Å². The molecule has 0 atom stereocenters. The molecule has 4 aromatic heterocycles. The molecule has 12 heteroatoms. The molecule has 6 heterocycles. The van der Waals surface area contributed by atoms with Gasteiger partial charge in [-0.25, -0.2) is 14.8 Å². The summed E-state index contributed by atoms with van der Waals surface area (Å²) in [6.07, 6.45) is 1.33. The zero-order chi connectivity index (χ0) is 45.4. The number of hydrogen-bond donors (Lipinski definition) is 2. The fourth-order valence-corrected chi connectivity index (χ4v) is 8.52. The molecule has 0 spiro atoms. The molecule has 2 aliphatic rings. The number of benzene rings is 2. The highest BCUT2D eigenvalue weighted by atomic mass is 16.5. The predicted octanol–water partition coefficient (Wildman–Crippen LogP) is 10.7. The SMILES string of the molecule is COC(=O)CCC1=C(C)c2cc3[nH]c(c(C)c3C)c(-c3ccc(OCCOc4ccc5c(C)cc(=O)oc5c4)cc3)c3nc(cc4[nH]c(cc1n2)c(CCC(=O)OC)c4C)C(C)=C3C. The van der Waals surface area contributed by atoms with Gasteiger partial charge in [0.15, 0.2) is 0 Å². The predicted molar refractivity (Wildman–Crippen MR) is 251 cm³/mol. The molecule has 2 aliphatic heterocycles.